The summed E-state index contributed by atoms with van der Waals surface area (Å²) in [6, 6.07) is 15.4. The van der Waals surface area contributed by atoms with Crippen molar-refractivity contribution in [1.82, 2.24) is 14.5 Å². The van der Waals surface area contributed by atoms with Crippen LogP contribution >= 0.6 is 0 Å². The first-order chi connectivity index (χ1) is 15.3. The van der Waals surface area contributed by atoms with E-state index in [1.165, 1.54) is 22.5 Å². The smallest absolute Gasteiger partial charge is 0.246 e. The lowest BCUT2D eigenvalue weighted by Crippen LogP contribution is -2.49. The number of methoxy groups -OCH3 is 1. The molecule has 1 aliphatic rings. The summed E-state index contributed by atoms with van der Waals surface area (Å²) in [5, 5.41) is 8.81. The van der Waals surface area contributed by atoms with Gasteiger partial charge >= 0.3 is 0 Å². The quantitative estimate of drug-likeness (QED) is 0.589. The summed E-state index contributed by atoms with van der Waals surface area (Å²) in [5.41, 5.74) is 5.20. The summed E-state index contributed by atoms with van der Waals surface area (Å²) in [4.78, 5) is 2.28. The van der Waals surface area contributed by atoms with E-state index in [-0.39, 0.29) is 4.90 Å². The highest BCUT2D eigenvalue weighted by molar-refractivity contribution is 7.89. The third kappa shape index (κ3) is 4.33. The summed E-state index contributed by atoms with van der Waals surface area (Å²) >= 11 is 0. The van der Waals surface area contributed by atoms with Crippen molar-refractivity contribution in [2.24, 2.45) is 0 Å². The highest BCUT2D eigenvalue weighted by Gasteiger charge is 2.31. The van der Waals surface area contributed by atoms with Gasteiger partial charge in [-0.25, -0.2) is 8.42 Å². The topological polar surface area (TPSA) is 75.6 Å². The second kappa shape index (κ2) is 8.88. The van der Waals surface area contributed by atoms with Crippen molar-refractivity contribution in [2.45, 2.75) is 25.7 Å². The predicted molar refractivity (Wildman–Crippen MR) is 126 cm³/mol. The van der Waals surface area contributed by atoms with Gasteiger partial charge < -0.3 is 9.64 Å². The lowest BCUT2D eigenvalue weighted by atomic mass is 10.0. The number of ether oxygens (including phenoxy) is 1. The Morgan fingerprint density at radius 1 is 0.844 bits per heavy atom. The predicted octanol–water partition coefficient (Wildman–Crippen LogP) is 3.59. The molecule has 0 spiro atoms. The summed E-state index contributed by atoms with van der Waals surface area (Å²) < 4.78 is 33.2. The van der Waals surface area contributed by atoms with Crippen LogP contribution < -0.4 is 9.64 Å². The molecule has 0 unspecified atom stereocenters. The number of hydrogen-bond donors (Lipinski definition) is 0. The van der Waals surface area contributed by atoms with Crippen LogP contribution in [0.3, 0.4) is 0 Å². The third-order valence-corrected chi connectivity index (χ3v) is 7.87. The van der Waals surface area contributed by atoms with E-state index in [0.29, 0.717) is 31.9 Å². The Bertz CT molecular complexity index is 1220. The molecule has 0 N–H and O–H groups in total. The molecule has 168 valence electrons. The zero-order valence-corrected chi connectivity index (χ0v) is 19.7. The number of aromatic nitrogens is 2. The van der Waals surface area contributed by atoms with E-state index in [1.54, 1.807) is 12.1 Å². The molecular weight excluding hydrogens is 424 g/mol. The Labute approximate surface area is 189 Å². The summed E-state index contributed by atoms with van der Waals surface area (Å²) in [6.45, 7) is 7.88. The highest BCUT2D eigenvalue weighted by Crippen LogP contribution is 2.29. The van der Waals surface area contributed by atoms with Crippen LogP contribution in [0, 0.1) is 20.8 Å². The summed E-state index contributed by atoms with van der Waals surface area (Å²) in [5.74, 6) is 1.12. The van der Waals surface area contributed by atoms with Crippen molar-refractivity contribution in [3.8, 4) is 17.0 Å². The second-order valence-electron chi connectivity index (χ2n) is 8.12. The lowest BCUT2D eigenvalue weighted by molar-refractivity contribution is 0.373. The molecule has 7 nitrogen and oxygen atoms in total. The van der Waals surface area contributed by atoms with Crippen molar-refractivity contribution in [1.29, 1.82) is 0 Å². The Balaban J connectivity index is 1.47. The zero-order valence-electron chi connectivity index (χ0n) is 18.9. The van der Waals surface area contributed by atoms with Gasteiger partial charge in [0.05, 0.1) is 12.8 Å². The molecule has 0 atom stereocenters. The SMILES string of the molecule is COc1ccc(C)cc1S(=O)(=O)N1CCN(c2ccc(-c3ccc(C)c(C)c3)nn2)CC1. The van der Waals surface area contributed by atoms with E-state index in [4.69, 9.17) is 4.74 Å². The molecule has 1 aliphatic heterocycles. The molecule has 1 aromatic heterocycles. The number of rotatable bonds is 5. The molecule has 0 aliphatic carbocycles. The van der Waals surface area contributed by atoms with Gasteiger partial charge in [-0.1, -0.05) is 18.2 Å². The maximum atomic E-state index is 13.2. The Morgan fingerprint density at radius 2 is 1.59 bits per heavy atom. The normalized spacial score (nSPS) is 15.1. The highest BCUT2D eigenvalue weighted by atomic mass is 32.2. The average Bonchev–Trinajstić information content (AvgIpc) is 2.81. The van der Waals surface area contributed by atoms with Crippen molar-refractivity contribution in [3.63, 3.8) is 0 Å². The van der Waals surface area contributed by atoms with E-state index in [9.17, 15) is 8.42 Å². The number of nitrogens with zero attached hydrogens (tertiary/aromatic N) is 4. The van der Waals surface area contributed by atoms with Gasteiger partial charge in [0.2, 0.25) is 10.0 Å². The van der Waals surface area contributed by atoms with E-state index in [1.807, 2.05) is 25.1 Å². The Kier molecular flexibility index (Phi) is 6.17. The molecule has 0 saturated carbocycles. The number of anilines is 1. The third-order valence-electron chi connectivity index (χ3n) is 5.95. The minimum absolute atomic E-state index is 0.214. The van der Waals surface area contributed by atoms with Gasteiger partial charge in [0, 0.05) is 31.7 Å². The minimum atomic E-state index is -3.64. The van der Waals surface area contributed by atoms with E-state index in [0.717, 1.165) is 22.6 Å². The molecule has 4 rings (SSSR count). The Hall–Kier alpha value is -2.97. The van der Waals surface area contributed by atoms with Gasteiger partial charge in [0.15, 0.2) is 5.82 Å². The number of hydrogen-bond acceptors (Lipinski definition) is 6. The molecule has 8 heteroatoms. The molecule has 1 saturated heterocycles. The maximum Gasteiger partial charge on any atom is 0.246 e. The number of benzene rings is 2. The van der Waals surface area contributed by atoms with E-state index in [2.05, 4.69) is 47.1 Å². The van der Waals surface area contributed by atoms with Crippen molar-refractivity contribution in [3.05, 3.63) is 65.2 Å². The molecular formula is C24H28N4O3S. The van der Waals surface area contributed by atoms with Crippen LogP contribution in [-0.4, -0.2) is 56.2 Å². The average molecular weight is 453 g/mol. The fraction of sp³-hybridized carbons (Fsp3) is 0.333. The van der Waals surface area contributed by atoms with Gasteiger partial charge in [-0.3, -0.25) is 0 Å². The zero-order chi connectivity index (χ0) is 22.9. The molecule has 1 fully saturated rings. The van der Waals surface area contributed by atoms with Gasteiger partial charge in [0.25, 0.3) is 0 Å². The molecule has 0 radical (unpaired) electrons. The first-order valence-corrected chi connectivity index (χ1v) is 12.0. The number of aryl methyl sites for hydroxylation is 3. The summed E-state index contributed by atoms with van der Waals surface area (Å²) in [7, 11) is -2.15. The first kappa shape index (κ1) is 22.2. The first-order valence-electron chi connectivity index (χ1n) is 10.6. The van der Waals surface area contributed by atoms with Crippen LogP contribution in [0.1, 0.15) is 16.7 Å². The van der Waals surface area contributed by atoms with Gasteiger partial charge in [-0.15, -0.1) is 10.2 Å². The molecule has 0 amide bonds. The fourth-order valence-corrected chi connectivity index (χ4v) is 5.49. The van der Waals surface area contributed by atoms with Crippen molar-refractivity contribution in [2.75, 3.05) is 38.2 Å². The van der Waals surface area contributed by atoms with Crippen LogP contribution in [0.15, 0.2) is 53.4 Å². The van der Waals surface area contributed by atoms with Gasteiger partial charge in [-0.05, 0) is 67.8 Å². The number of piperazine rings is 1. The van der Waals surface area contributed by atoms with Crippen molar-refractivity contribution < 1.29 is 13.2 Å². The maximum absolute atomic E-state index is 13.2. The molecule has 2 heterocycles. The molecule has 3 aromatic rings. The largest absolute Gasteiger partial charge is 0.495 e. The van der Waals surface area contributed by atoms with Gasteiger partial charge in [0.1, 0.15) is 10.6 Å². The van der Waals surface area contributed by atoms with Crippen LogP contribution in [0.4, 0.5) is 5.82 Å². The van der Waals surface area contributed by atoms with Crippen LogP contribution in [-0.2, 0) is 10.0 Å². The molecule has 32 heavy (non-hydrogen) atoms. The Morgan fingerprint density at radius 3 is 2.22 bits per heavy atom. The van der Waals surface area contributed by atoms with Crippen LogP contribution in [0.5, 0.6) is 5.75 Å². The monoisotopic (exact) mass is 452 g/mol. The second-order valence-corrected chi connectivity index (χ2v) is 10.0. The fourth-order valence-electron chi connectivity index (χ4n) is 3.83. The van der Waals surface area contributed by atoms with Crippen LogP contribution in [0.2, 0.25) is 0 Å². The van der Waals surface area contributed by atoms with Crippen molar-refractivity contribution >= 4 is 15.8 Å². The lowest BCUT2D eigenvalue weighted by Gasteiger charge is -2.34. The van der Waals surface area contributed by atoms with Gasteiger partial charge in [-0.2, -0.15) is 4.31 Å². The van der Waals surface area contributed by atoms with Crippen LogP contribution in [0.25, 0.3) is 11.3 Å². The van der Waals surface area contributed by atoms with E-state index >= 15 is 0 Å². The standard InChI is InChI=1S/C24H28N4O3S/c1-17-5-9-22(31-4)23(15-17)32(29,30)28-13-11-27(12-14-28)24-10-8-21(25-26-24)20-7-6-18(2)19(3)16-20/h5-10,15-16H,11-14H2,1-4H3. The number of sulfonamides is 1. The minimum Gasteiger partial charge on any atom is -0.495 e. The summed E-state index contributed by atoms with van der Waals surface area (Å²) in [6.07, 6.45) is 0. The van der Waals surface area contributed by atoms with E-state index < -0.39 is 10.0 Å². The molecule has 0 bridgehead atoms. The molecule has 2 aromatic carbocycles.